The number of nitrogens with zero attached hydrogens (tertiary/aromatic N) is 2. The zero-order valence-corrected chi connectivity index (χ0v) is 14.6. The zero-order chi connectivity index (χ0) is 18.0. The quantitative estimate of drug-likeness (QED) is 0.899. The predicted octanol–water partition coefficient (Wildman–Crippen LogP) is 1.54. The highest BCUT2D eigenvalue weighted by molar-refractivity contribution is 5.82. The van der Waals surface area contributed by atoms with Crippen LogP contribution in [0.25, 0.3) is 0 Å². The number of benzene rings is 1. The Bertz CT molecular complexity index is 659. The molecule has 3 rings (SSSR count). The molecular formula is C18H24FN3O3. The van der Waals surface area contributed by atoms with Crippen LogP contribution in [0.2, 0.25) is 0 Å². The smallest absolute Gasteiger partial charge is 0.239 e. The molecule has 1 aromatic carbocycles. The van der Waals surface area contributed by atoms with Gasteiger partial charge in [0.2, 0.25) is 11.8 Å². The van der Waals surface area contributed by atoms with Gasteiger partial charge < -0.3 is 19.9 Å². The van der Waals surface area contributed by atoms with Crippen LogP contribution < -0.4 is 15.0 Å². The van der Waals surface area contributed by atoms with Crippen molar-refractivity contribution < 1.29 is 18.7 Å². The summed E-state index contributed by atoms with van der Waals surface area (Å²) in [5.74, 6) is 0.136. The molecule has 1 aromatic rings. The first-order valence-corrected chi connectivity index (χ1v) is 8.68. The minimum absolute atomic E-state index is 0.0642. The second-order valence-corrected chi connectivity index (χ2v) is 6.77. The Hall–Kier alpha value is -2.31. The van der Waals surface area contributed by atoms with Gasteiger partial charge in [-0.3, -0.25) is 9.59 Å². The van der Waals surface area contributed by atoms with Crippen molar-refractivity contribution in [1.29, 1.82) is 0 Å². The lowest BCUT2D eigenvalue weighted by Gasteiger charge is -2.35. The maximum absolute atomic E-state index is 13.4. The Morgan fingerprint density at radius 1 is 1.32 bits per heavy atom. The molecule has 7 heteroatoms. The number of piperidine rings is 1. The highest BCUT2D eigenvalue weighted by atomic mass is 19.1. The number of hydrogen-bond acceptors (Lipinski definition) is 4. The molecule has 1 saturated heterocycles. The molecule has 0 bridgehead atoms. The number of halogens is 1. The SMILES string of the molecule is CC(=O)N1CCC(NC(=O)CN2CC(C)Oc3cc(F)ccc32)CC1. The summed E-state index contributed by atoms with van der Waals surface area (Å²) in [6.45, 7) is 5.61. The van der Waals surface area contributed by atoms with Gasteiger partial charge in [-0.2, -0.15) is 0 Å². The molecule has 0 spiro atoms. The fourth-order valence-electron chi connectivity index (χ4n) is 3.44. The molecule has 1 N–H and O–H groups in total. The highest BCUT2D eigenvalue weighted by Gasteiger charge is 2.27. The molecule has 1 unspecified atom stereocenters. The number of fused-ring (bicyclic) bond motifs is 1. The van der Waals surface area contributed by atoms with Crippen LogP contribution in [0.4, 0.5) is 10.1 Å². The molecule has 0 aliphatic carbocycles. The van der Waals surface area contributed by atoms with E-state index < -0.39 is 0 Å². The third kappa shape index (κ3) is 4.21. The largest absolute Gasteiger partial charge is 0.487 e. The van der Waals surface area contributed by atoms with Crippen molar-refractivity contribution in [2.75, 3.05) is 31.1 Å². The Kier molecular flexibility index (Phi) is 5.11. The molecule has 136 valence electrons. The Labute approximate surface area is 146 Å². The van der Waals surface area contributed by atoms with Gasteiger partial charge >= 0.3 is 0 Å². The molecule has 2 aliphatic rings. The third-order valence-corrected chi connectivity index (χ3v) is 4.71. The number of ether oxygens (including phenoxy) is 1. The molecule has 2 heterocycles. The van der Waals surface area contributed by atoms with E-state index in [0.717, 1.165) is 18.5 Å². The van der Waals surface area contributed by atoms with E-state index in [0.29, 0.717) is 25.4 Å². The van der Waals surface area contributed by atoms with E-state index in [1.54, 1.807) is 17.9 Å². The third-order valence-electron chi connectivity index (χ3n) is 4.71. The lowest BCUT2D eigenvalue weighted by molar-refractivity contribution is -0.130. The van der Waals surface area contributed by atoms with Crippen LogP contribution in [-0.2, 0) is 9.59 Å². The number of nitrogens with one attached hydrogen (secondary N) is 1. The highest BCUT2D eigenvalue weighted by Crippen LogP contribution is 2.33. The molecule has 2 amide bonds. The Morgan fingerprint density at radius 3 is 2.72 bits per heavy atom. The van der Waals surface area contributed by atoms with Gasteiger partial charge in [0.25, 0.3) is 0 Å². The number of likely N-dealkylation sites (tertiary alicyclic amines) is 1. The van der Waals surface area contributed by atoms with Gasteiger partial charge in [0.15, 0.2) is 0 Å². The van der Waals surface area contributed by atoms with Crippen molar-refractivity contribution in [1.82, 2.24) is 10.2 Å². The summed E-state index contributed by atoms with van der Waals surface area (Å²) in [7, 11) is 0. The first kappa shape index (κ1) is 17.5. The average molecular weight is 349 g/mol. The van der Waals surface area contributed by atoms with E-state index in [-0.39, 0.29) is 36.3 Å². The lowest BCUT2D eigenvalue weighted by atomic mass is 10.0. The monoisotopic (exact) mass is 349 g/mol. The van der Waals surface area contributed by atoms with E-state index in [1.807, 2.05) is 11.8 Å². The van der Waals surface area contributed by atoms with E-state index in [2.05, 4.69) is 5.32 Å². The summed E-state index contributed by atoms with van der Waals surface area (Å²) < 4.78 is 19.1. The van der Waals surface area contributed by atoms with Gasteiger partial charge in [-0.15, -0.1) is 0 Å². The van der Waals surface area contributed by atoms with Gasteiger partial charge in [0, 0.05) is 32.1 Å². The standard InChI is InChI=1S/C18H24FN3O3/c1-12-10-22(16-4-3-14(19)9-17(16)25-12)11-18(24)20-15-5-7-21(8-6-15)13(2)23/h3-4,9,12,15H,5-8,10-11H2,1-2H3,(H,20,24). The molecular weight excluding hydrogens is 325 g/mol. The van der Waals surface area contributed by atoms with Crippen molar-refractivity contribution in [3.05, 3.63) is 24.0 Å². The van der Waals surface area contributed by atoms with Crippen molar-refractivity contribution >= 4 is 17.5 Å². The minimum atomic E-state index is -0.352. The fourth-order valence-corrected chi connectivity index (χ4v) is 3.44. The predicted molar refractivity (Wildman–Crippen MR) is 92.1 cm³/mol. The van der Waals surface area contributed by atoms with Crippen molar-refractivity contribution in [2.45, 2.75) is 38.8 Å². The number of carbonyl (C=O) groups is 2. The van der Waals surface area contributed by atoms with Gasteiger partial charge in [0.1, 0.15) is 17.7 Å². The number of rotatable bonds is 3. The van der Waals surface area contributed by atoms with Crippen molar-refractivity contribution in [3.8, 4) is 5.75 Å². The molecule has 2 aliphatic heterocycles. The maximum Gasteiger partial charge on any atom is 0.239 e. The summed E-state index contributed by atoms with van der Waals surface area (Å²) in [4.78, 5) is 27.5. The molecule has 25 heavy (non-hydrogen) atoms. The summed E-state index contributed by atoms with van der Waals surface area (Å²) in [6.07, 6.45) is 1.43. The van der Waals surface area contributed by atoms with Gasteiger partial charge in [-0.05, 0) is 31.9 Å². The summed E-state index contributed by atoms with van der Waals surface area (Å²) >= 11 is 0. The van der Waals surface area contributed by atoms with Crippen LogP contribution in [0, 0.1) is 5.82 Å². The van der Waals surface area contributed by atoms with Crippen LogP contribution in [-0.4, -0.2) is 55.0 Å². The Morgan fingerprint density at radius 2 is 2.04 bits per heavy atom. The molecule has 1 fully saturated rings. The van der Waals surface area contributed by atoms with Crippen molar-refractivity contribution in [3.63, 3.8) is 0 Å². The maximum atomic E-state index is 13.4. The van der Waals surface area contributed by atoms with E-state index in [9.17, 15) is 14.0 Å². The van der Waals surface area contributed by atoms with Crippen LogP contribution in [0.3, 0.4) is 0 Å². The normalized spacial score (nSPS) is 20.7. The Balaban J connectivity index is 1.58. The van der Waals surface area contributed by atoms with Crippen LogP contribution in [0.15, 0.2) is 18.2 Å². The van der Waals surface area contributed by atoms with Crippen LogP contribution >= 0.6 is 0 Å². The van der Waals surface area contributed by atoms with E-state index in [1.165, 1.54) is 12.1 Å². The fraction of sp³-hybridized carbons (Fsp3) is 0.556. The summed E-state index contributed by atoms with van der Waals surface area (Å²) in [5, 5.41) is 3.05. The van der Waals surface area contributed by atoms with E-state index >= 15 is 0 Å². The van der Waals surface area contributed by atoms with Crippen LogP contribution in [0.5, 0.6) is 5.75 Å². The van der Waals surface area contributed by atoms with Gasteiger partial charge in [-0.25, -0.2) is 4.39 Å². The summed E-state index contributed by atoms with van der Waals surface area (Å²) in [5.41, 5.74) is 0.737. The average Bonchev–Trinajstić information content (AvgIpc) is 2.54. The topological polar surface area (TPSA) is 61.9 Å². The number of amides is 2. The molecule has 0 radical (unpaired) electrons. The van der Waals surface area contributed by atoms with Crippen molar-refractivity contribution in [2.24, 2.45) is 0 Å². The first-order chi connectivity index (χ1) is 11.9. The summed E-state index contributed by atoms with van der Waals surface area (Å²) in [6, 6.07) is 4.47. The first-order valence-electron chi connectivity index (χ1n) is 8.68. The lowest BCUT2D eigenvalue weighted by Crippen LogP contribution is -2.50. The number of anilines is 1. The second-order valence-electron chi connectivity index (χ2n) is 6.77. The second kappa shape index (κ2) is 7.29. The molecule has 0 aromatic heterocycles. The van der Waals surface area contributed by atoms with Gasteiger partial charge in [-0.1, -0.05) is 0 Å². The number of hydrogen-bond donors (Lipinski definition) is 1. The van der Waals surface area contributed by atoms with Crippen LogP contribution in [0.1, 0.15) is 26.7 Å². The van der Waals surface area contributed by atoms with E-state index in [4.69, 9.17) is 4.74 Å². The van der Waals surface area contributed by atoms with Gasteiger partial charge in [0.05, 0.1) is 18.8 Å². The molecule has 6 nitrogen and oxygen atoms in total. The minimum Gasteiger partial charge on any atom is -0.487 e. The number of carbonyl (C=O) groups excluding carboxylic acids is 2. The molecule has 0 saturated carbocycles. The zero-order valence-electron chi connectivity index (χ0n) is 14.6. The molecule has 1 atom stereocenters.